The zero-order chi connectivity index (χ0) is 19.3. The van der Waals surface area contributed by atoms with E-state index < -0.39 is 23.2 Å². The van der Waals surface area contributed by atoms with Gasteiger partial charge in [-0.1, -0.05) is 12.1 Å². The van der Waals surface area contributed by atoms with Crippen molar-refractivity contribution in [2.45, 2.75) is 45.8 Å². The minimum atomic E-state index is -0.871. The Balaban J connectivity index is 2.23. The topological polar surface area (TPSA) is 73.7 Å². The second kappa shape index (κ2) is 5.86. The zero-order valence-corrected chi connectivity index (χ0v) is 15.9. The molecular weight excluding hydrogens is 334 g/mol. The molecule has 1 aliphatic heterocycles. The number of rotatable bonds is 1. The molecule has 3 rings (SSSR count). The molecule has 1 amide bonds. The number of imidazole rings is 1. The lowest BCUT2D eigenvalue weighted by atomic mass is 9.92. The maximum Gasteiger partial charge on any atom is 0.414 e. The molecule has 1 aromatic carbocycles. The van der Waals surface area contributed by atoms with Gasteiger partial charge in [-0.25, -0.2) is 14.6 Å². The fraction of sp³-hybridized carbons (Fsp3) is 0.421. The van der Waals surface area contributed by atoms with Gasteiger partial charge in [0.25, 0.3) is 0 Å². The number of carbonyl (C=O) groups is 2. The maximum atomic E-state index is 12.7. The third-order valence-electron chi connectivity index (χ3n) is 4.24. The van der Waals surface area contributed by atoms with Crippen molar-refractivity contribution in [3.8, 4) is 5.69 Å². The Morgan fingerprint density at radius 2 is 1.73 bits per heavy atom. The van der Waals surface area contributed by atoms with Crippen LogP contribution in [0.25, 0.3) is 5.69 Å². The third kappa shape index (κ3) is 2.73. The average Bonchev–Trinajstić information content (AvgIpc) is 2.99. The molecule has 2 aromatic rings. The van der Waals surface area contributed by atoms with Gasteiger partial charge in [0, 0.05) is 0 Å². The summed E-state index contributed by atoms with van der Waals surface area (Å²) in [5.41, 5.74) is 0.681. The van der Waals surface area contributed by atoms with Crippen LogP contribution < -0.4 is 4.90 Å². The summed E-state index contributed by atoms with van der Waals surface area (Å²) in [6, 6.07) is 7.42. The first-order chi connectivity index (χ1) is 12.1. The standard InChI is InChI=1S/C19H23N3O4/c1-18(2,3)26-16(23)14-15-19(4,5)22(17(24)25-6)13-10-8-7-9-12(13)21(15)11-20-14/h7-11H,1-6H3. The number of fused-ring (bicyclic) bond motifs is 3. The van der Waals surface area contributed by atoms with Crippen LogP contribution in [0.4, 0.5) is 10.5 Å². The molecule has 1 aliphatic rings. The number of methoxy groups -OCH3 is 1. The second-order valence-electron chi connectivity index (χ2n) is 7.67. The highest BCUT2D eigenvalue weighted by Crippen LogP contribution is 2.43. The molecule has 0 bridgehead atoms. The van der Waals surface area contributed by atoms with Gasteiger partial charge < -0.3 is 9.47 Å². The molecule has 1 aromatic heterocycles. The van der Waals surface area contributed by atoms with E-state index in [0.717, 1.165) is 5.69 Å². The van der Waals surface area contributed by atoms with Crippen LogP contribution >= 0.6 is 0 Å². The number of carbonyl (C=O) groups excluding carboxylic acids is 2. The van der Waals surface area contributed by atoms with Crippen LogP contribution in [0.1, 0.15) is 50.8 Å². The molecule has 0 fully saturated rings. The normalized spacial score (nSPS) is 15.1. The Labute approximate surface area is 152 Å². The summed E-state index contributed by atoms with van der Waals surface area (Å²) in [7, 11) is 1.34. The van der Waals surface area contributed by atoms with Crippen LogP contribution in [0.5, 0.6) is 0 Å². The molecule has 26 heavy (non-hydrogen) atoms. The molecule has 138 valence electrons. The fourth-order valence-electron chi connectivity index (χ4n) is 3.27. The molecule has 7 heteroatoms. The van der Waals surface area contributed by atoms with E-state index in [2.05, 4.69) is 4.98 Å². The number of aromatic nitrogens is 2. The van der Waals surface area contributed by atoms with Gasteiger partial charge in [-0.2, -0.15) is 0 Å². The van der Waals surface area contributed by atoms with Crippen molar-refractivity contribution >= 4 is 17.7 Å². The first kappa shape index (κ1) is 18.0. The Kier molecular flexibility index (Phi) is 4.05. The molecule has 0 spiro atoms. The smallest absolute Gasteiger partial charge is 0.414 e. The average molecular weight is 357 g/mol. The highest BCUT2D eigenvalue weighted by molar-refractivity contribution is 5.96. The lowest BCUT2D eigenvalue weighted by Crippen LogP contribution is -2.50. The van der Waals surface area contributed by atoms with E-state index >= 15 is 0 Å². The minimum Gasteiger partial charge on any atom is -0.455 e. The van der Waals surface area contributed by atoms with Gasteiger partial charge in [-0.3, -0.25) is 9.47 Å². The lowest BCUT2D eigenvalue weighted by Gasteiger charge is -2.42. The minimum absolute atomic E-state index is 0.188. The second-order valence-corrected chi connectivity index (χ2v) is 7.67. The predicted molar refractivity (Wildman–Crippen MR) is 96.6 cm³/mol. The molecule has 0 aliphatic carbocycles. The van der Waals surface area contributed by atoms with Crippen molar-refractivity contribution in [2.75, 3.05) is 12.0 Å². The maximum absolute atomic E-state index is 12.7. The van der Waals surface area contributed by atoms with Crippen molar-refractivity contribution in [3.63, 3.8) is 0 Å². The predicted octanol–water partition coefficient (Wildman–Crippen LogP) is 3.65. The van der Waals surface area contributed by atoms with Gasteiger partial charge in [0.15, 0.2) is 5.69 Å². The van der Waals surface area contributed by atoms with Gasteiger partial charge in [0.2, 0.25) is 0 Å². The van der Waals surface area contributed by atoms with Gasteiger partial charge >= 0.3 is 12.1 Å². The summed E-state index contributed by atoms with van der Waals surface area (Å²) in [6.45, 7) is 9.10. The largest absolute Gasteiger partial charge is 0.455 e. The number of benzene rings is 1. The molecule has 0 unspecified atom stereocenters. The van der Waals surface area contributed by atoms with Crippen molar-refractivity contribution < 1.29 is 19.1 Å². The van der Waals surface area contributed by atoms with E-state index in [-0.39, 0.29) is 5.69 Å². The van der Waals surface area contributed by atoms with E-state index in [4.69, 9.17) is 9.47 Å². The van der Waals surface area contributed by atoms with E-state index in [1.165, 1.54) is 12.0 Å². The summed E-state index contributed by atoms with van der Waals surface area (Å²) in [5, 5.41) is 0. The zero-order valence-electron chi connectivity index (χ0n) is 15.9. The van der Waals surface area contributed by atoms with Crippen molar-refractivity contribution in [1.29, 1.82) is 0 Å². The molecular formula is C19H23N3O4. The summed E-state index contributed by atoms with van der Waals surface area (Å²) < 4.78 is 12.3. The van der Waals surface area contributed by atoms with Crippen LogP contribution in [0, 0.1) is 0 Å². The van der Waals surface area contributed by atoms with Gasteiger partial charge in [-0.05, 0) is 46.8 Å². The van der Waals surface area contributed by atoms with Crippen LogP contribution in [-0.4, -0.2) is 34.3 Å². The first-order valence-electron chi connectivity index (χ1n) is 8.36. The summed E-state index contributed by atoms with van der Waals surface area (Å²) in [6.07, 6.45) is 1.08. The summed E-state index contributed by atoms with van der Waals surface area (Å²) in [4.78, 5) is 31.1. The number of nitrogens with zero attached hydrogens (tertiary/aromatic N) is 3. The Morgan fingerprint density at radius 3 is 2.31 bits per heavy atom. The quantitative estimate of drug-likeness (QED) is 0.729. The Morgan fingerprint density at radius 1 is 1.12 bits per heavy atom. The molecule has 0 N–H and O–H groups in total. The van der Waals surface area contributed by atoms with Crippen LogP contribution in [-0.2, 0) is 15.0 Å². The van der Waals surface area contributed by atoms with Gasteiger partial charge in [0.05, 0.1) is 29.7 Å². The number of ether oxygens (including phenoxy) is 2. The van der Waals surface area contributed by atoms with E-state index in [1.807, 2.05) is 42.7 Å². The van der Waals surface area contributed by atoms with Crippen molar-refractivity contribution in [3.05, 3.63) is 42.0 Å². The van der Waals surface area contributed by atoms with Crippen LogP contribution in [0.3, 0.4) is 0 Å². The van der Waals surface area contributed by atoms with E-state index in [9.17, 15) is 9.59 Å². The number of amides is 1. The SMILES string of the molecule is COC(=O)N1c2ccccc2-n2cnc(C(=O)OC(C)(C)C)c2C1(C)C. The molecule has 7 nitrogen and oxygen atoms in total. The monoisotopic (exact) mass is 357 g/mol. The van der Waals surface area contributed by atoms with Crippen molar-refractivity contribution in [1.82, 2.24) is 9.55 Å². The van der Waals surface area contributed by atoms with Crippen LogP contribution in [0.15, 0.2) is 30.6 Å². The Bertz CT molecular complexity index is 877. The van der Waals surface area contributed by atoms with Crippen LogP contribution in [0.2, 0.25) is 0 Å². The summed E-state index contributed by atoms with van der Waals surface area (Å²) in [5.74, 6) is -0.525. The van der Waals surface area contributed by atoms with Crippen molar-refractivity contribution in [2.24, 2.45) is 0 Å². The van der Waals surface area contributed by atoms with E-state index in [1.54, 1.807) is 27.1 Å². The highest BCUT2D eigenvalue weighted by Gasteiger charge is 2.45. The van der Waals surface area contributed by atoms with Gasteiger partial charge in [0.1, 0.15) is 11.9 Å². The molecule has 2 heterocycles. The number of anilines is 1. The van der Waals surface area contributed by atoms with Gasteiger partial charge in [-0.15, -0.1) is 0 Å². The Hall–Kier alpha value is -2.83. The van der Waals surface area contributed by atoms with E-state index in [0.29, 0.717) is 11.4 Å². The molecule has 0 atom stereocenters. The fourth-order valence-corrected chi connectivity index (χ4v) is 3.27. The lowest BCUT2D eigenvalue weighted by molar-refractivity contribution is 0.00599. The number of esters is 1. The summed E-state index contributed by atoms with van der Waals surface area (Å²) >= 11 is 0. The number of para-hydroxylation sites is 2. The highest BCUT2D eigenvalue weighted by atomic mass is 16.6. The molecule has 0 saturated heterocycles. The third-order valence-corrected chi connectivity index (χ3v) is 4.24. The molecule has 0 saturated carbocycles. The first-order valence-corrected chi connectivity index (χ1v) is 8.36. The number of hydrogen-bond donors (Lipinski definition) is 0. The molecule has 0 radical (unpaired) electrons. The number of hydrogen-bond acceptors (Lipinski definition) is 5.